The molecule has 0 bridgehead atoms. The highest BCUT2D eigenvalue weighted by Crippen LogP contribution is 2.29. The van der Waals surface area contributed by atoms with Crippen LogP contribution < -0.4 is 14.8 Å². The van der Waals surface area contributed by atoms with Crippen molar-refractivity contribution in [2.24, 2.45) is 0 Å². The largest absolute Gasteiger partial charge is 0.497 e. The Balaban J connectivity index is 2.08. The molecule has 4 heteroatoms. The van der Waals surface area contributed by atoms with Crippen LogP contribution in [0.2, 0.25) is 0 Å². The first-order chi connectivity index (χ1) is 9.76. The third-order valence-electron chi connectivity index (χ3n) is 3.05. The Morgan fingerprint density at radius 1 is 1.00 bits per heavy atom. The molecular weight excluding hydrogens is 270 g/mol. The van der Waals surface area contributed by atoms with Crippen LogP contribution in [-0.4, -0.2) is 20.5 Å². The van der Waals surface area contributed by atoms with Crippen molar-refractivity contribution < 1.29 is 9.47 Å². The number of ether oxygens (including phenoxy) is 2. The molecular formula is C16H19NO2S. The summed E-state index contributed by atoms with van der Waals surface area (Å²) in [5, 5.41) is 3.38. The molecule has 0 radical (unpaired) electrons. The van der Waals surface area contributed by atoms with Gasteiger partial charge in [0.15, 0.2) is 0 Å². The molecule has 0 spiro atoms. The quantitative estimate of drug-likeness (QED) is 0.813. The summed E-state index contributed by atoms with van der Waals surface area (Å²) in [6.07, 6.45) is 2.08. The summed E-state index contributed by atoms with van der Waals surface area (Å²) in [5.41, 5.74) is 2.16. The zero-order valence-corrected chi connectivity index (χ0v) is 12.8. The SMILES string of the molecule is COc1ccc(OC)c(NCc2ccc(SC)cc2)c1. The maximum atomic E-state index is 5.35. The Hall–Kier alpha value is -1.81. The highest BCUT2D eigenvalue weighted by atomic mass is 32.2. The molecule has 0 heterocycles. The van der Waals surface area contributed by atoms with E-state index in [-0.39, 0.29) is 0 Å². The van der Waals surface area contributed by atoms with E-state index in [1.54, 1.807) is 26.0 Å². The lowest BCUT2D eigenvalue weighted by Gasteiger charge is -2.12. The van der Waals surface area contributed by atoms with Crippen LogP contribution in [0.15, 0.2) is 47.4 Å². The van der Waals surface area contributed by atoms with Crippen LogP contribution >= 0.6 is 11.8 Å². The second-order valence-electron chi connectivity index (χ2n) is 4.27. The second kappa shape index (κ2) is 7.10. The van der Waals surface area contributed by atoms with Gasteiger partial charge in [-0.3, -0.25) is 0 Å². The van der Waals surface area contributed by atoms with Gasteiger partial charge in [0.1, 0.15) is 11.5 Å². The van der Waals surface area contributed by atoms with E-state index in [0.29, 0.717) is 0 Å². The minimum atomic E-state index is 0.748. The summed E-state index contributed by atoms with van der Waals surface area (Å²) in [5.74, 6) is 1.62. The van der Waals surface area contributed by atoms with Crippen LogP contribution in [-0.2, 0) is 6.54 Å². The standard InChI is InChI=1S/C16H19NO2S/c1-18-13-6-9-16(19-2)15(10-13)17-11-12-4-7-14(20-3)8-5-12/h4-10,17H,11H2,1-3H3. The number of rotatable bonds is 6. The van der Waals surface area contributed by atoms with Crippen LogP contribution in [0, 0.1) is 0 Å². The lowest BCUT2D eigenvalue weighted by molar-refractivity contribution is 0.404. The van der Waals surface area contributed by atoms with E-state index in [1.165, 1.54) is 10.5 Å². The molecule has 0 fully saturated rings. The molecule has 0 amide bonds. The van der Waals surface area contributed by atoms with Gasteiger partial charge in [-0.1, -0.05) is 12.1 Å². The number of nitrogens with one attached hydrogen (secondary N) is 1. The monoisotopic (exact) mass is 289 g/mol. The van der Waals surface area contributed by atoms with Crippen molar-refractivity contribution in [2.45, 2.75) is 11.4 Å². The van der Waals surface area contributed by atoms with Crippen LogP contribution in [0.4, 0.5) is 5.69 Å². The zero-order valence-electron chi connectivity index (χ0n) is 12.0. The molecule has 0 saturated heterocycles. The van der Waals surface area contributed by atoms with Gasteiger partial charge in [-0.15, -0.1) is 11.8 Å². The van der Waals surface area contributed by atoms with Crippen molar-refractivity contribution in [1.29, 1.82) is 0 Å². The fourth-order valence-corrected chi connectivity index (χ4v) is 2.30. The summed E-state index contributed by atoms with van der Waals surface area (Å²) in [7, 11) is 3.33. The van der Waals surface area contributed by atoms with Crippen LogP contribution in [0.25, 0.3) is 0 Å². The maximum Gasteiger partial charge on any atom is 0.142 e. The van der Waals surface area contributed by atoms with Crippen LogP contribution in [0.1, 0.15) is 5.56 Å². The fraction of sp³-hybridized carbons (Fsp3) is 0.250. The molecule has 3 nitrogen and oxygen atoms in total. The Morgan fingerprint density at radius 2 is 1.75 bits per heavy atom. The normalized spacial score (nSPS) is 10.2. The predicted molar refractivity (Wildman–Crippen MR) is 85.1 cm³/mol. The van der Waals surface area contributed by atoms with Gasteiger partial charge in [0.05, 0.1) is 19.9 Å². The highest BCUT2D eigenvalue weighted by Gasteiger charge is 2.04. The second-order valence-corrected chi connectivity index (χ2v) is 5.15. The molecule has 2 aromatic rings. The molecule has 0 aliphatic rings. The van der Waals surface area contributed by atoms with Crippen molar-refractivity contribution in [3.05, 3.63) is 48.0 Å². The molecule has 0 saturated carbocycles. The van der Waals surface area contributed by atoms with E-state index >= 15 is 0 Å². The van der Waals surface area contributed by atoms with Crippen molar-refractivity contribution in [3.8, 4) is 11.5 Å². The van der Waals surface area contributed by atoms with Crippen molar-refractivity contribution >= 4 is 17.4 Å². The van der Waals surface area contributed by atoms with E-state index in [1.807, 2.05) is 18.2 Å². The third-order valence-corrected chi connectivity index (χ3v) is 3.79. The minimum Gasteiger partial charge on any atom is -0.497 e. The minimum absolute atomic E-state index is 0.748. The number of hydrogen-bond acceptors (Lipinski definition) is 4. The summed E-state index contributed by atoms with van der Waals surface area (Å²) in [6, 6.07) is 14.2. The van der Waals surface area contributed by atoms with Gasteiger partial charge in [-0.05, 0) is 36.1 Å². The van der Waals surface area contributed by atoms with Crippen molar-refractivity contribution in [2.75, 3.05) is 25.8 Å². The Morgan fingerprint density at radius 3 is 2.35 bits per heavy atom. The molecule has 0 aromatic heterocycles. The number of hydrogen-bond donors (Lipinski definition) is 1. The Kier molecular flexibility index (Phi) is 5.18. The van der Waals surface area contributed by atoms with E-state index in [4.69, 9.17) is 9.47 Å². The van der Waals surface area contributed by atoms with Gasteiger partial charge in [0.2, 0.25) is 0 Å². The fourth-order valence-electron chi connectivity index (χ4n) is 1.89. The van der Waals surface area contributed by atoms with Gasteiger partial charge in [-0.2, -0.15) is 0 Å². The third kappa shape index (κ3) is 3.61. The topological polar surface area (TPSA) is 30.5 Å². The number of benzene rings is 2. The summed E-state index contributed by atoms with van der Waals surface area (Å²) in [4.78, 5) is 1.27. The van der Waals surface area contributed by atoms with Crippen molar-refractivity contribution in [1.82, 2.24) is 0 Å². The average molecular weight is 289 g/mol. The number of methoxy groups -OCH3 is 2. The van der Waals surface area contributed by atoms with Crippen molar-refractivity contribution in [3.63, 3.8) is 0 Å². The van der Waals surface area contributed by atoms with E-state index < -0.39 is 0 Å². The lowest BCUT2D eigenvalue weighted by atomic mass is 10.2. The van der Waals surface area contributed by atoms with E-state index in [0.717, 1.165) is 23.7 Å². The number of thioether (sulfide) groups is 1. The molecule has 2 aromatic carbocycles. The smallest absolute Gasteiger partial charge is 0.142 e. The number of anilines is 1. The summed E-state index contributed by atoms with van der Waals surface area (Å²) < 4.78 is 10.6. The first-order valence-electron chi connectivity index (χ1n) is 6.35. The first kappa shape index (κ1) is 14.6. The average Bonchev–Trinajstić information content (AvgIpc) is 2.53. The Bertz CT molecular complexity index is 555. The van der Waals surface area contributed by atoms with Crippen LogP contribution in [0.5, 0.6) is 11.5 Å². The van der Waals surface area contributed by atoms with Gasteiger partial charge in [0.25, 0.3) is 0 Å². The molecule has 20 heavy (non-hydrogen) atoms. The zero-order chi connectivity index (χ0) is 14.4. The highest BCUT2D eigenvalue weighted by molar-refractivity contribution is 7.98. The van der Waals surface area contributed by atoms with Gasteiger partial charge >= 0.3 is 0 Å². The van der Waals surface area contributed by atoms with Gasteiger partial charge in [-0.25, -0.2) is 0 Å². The summed E-state index contributed by atoms with van der Waals surface area (Å²) in [6.45, 7) is 0.748. The molecule has 0 aliphatic heterocycles. The molecule has 1 N–H and O–H groups in total. The van der Waals surface area contributed by atoms with Gasteiger partial charge in [0, 0.05) is 17.5 Å². The van der Waals surface area contributed by atoms with E-state index in [9.17, 15) is 0 Å². The van der Waals surface area contributed by atoms with Gasteiger partial charge < -0.3 is 14.8 Å². The van der Waals surface area contributed by atoms with E-state index in [2.05, 4.69) is 35.8 Å². The van der Waals surface area contributed by atoms with Crippen LogP contribution in [0.3, 0.4) is 0 Å². The first-order valence-corrected chi connectivity index (χ1v) is 7.58. The molecule has 0 aliphatic carbocycles. The molecule has 106 valence electrons. The molecule has 2 rings (SSSR count). The molecule has 0 unspecified atom stereocenters. The summed E-state index contributed by atoms with van der Waals surface area (Å²) >= 11 is 1.75. The molecule has 0 atom stereocenters. The Labute approximate surface area is 124 Å². The maximum absolute atomic E-state index is 5.35. The predicted octanol–water partition coefficient (Wildman–Crippen LogP) is 4.04. The lowest BCUT2D eigenvalue weighted by Crippen LogP contribution is -2.01.